The Kier molecular flexibility index (Phi) is 4.68. The summed E-state index contributed by atoms with van der Waals surface area (Å²) >= 11 is 0. The summed E-state index contributed by atoms with van der Waals surface area (Å²) in [5.74, 6) is 5.22. The molecule has 1 rings (SSSR count). The van der Waals surface area contributed by atoms with Crippen molar-refractivity contribution in [2.24, 2.45) is 5.73 Å². The molecule has 1 aromatic carbocycles. The van der Waals surface area contributed by atoms with Crippen LogP contribution in [0.4, 0.5) is 4.39 Å². The Bertz CT molecular complexity index is 463. The fourth-order valence-electron chi connectivity index (χ4n) is 1.46. The predicted molar refractivity (Wildman–Crippen MR) is 64.8 cm³/mol. The van der Waals surface area contributed by atoms with Crippen molar-refractivity contribution in [1.29, 1.82) is 0 Å². The molecule has 3 N–H and O–H groups in total. The van der Waals surface area contributed by atoms with E-state index in [1.54, 1.807) is 13.8 Å². The van der Waals surface area contributed by atoms with Crippen LogP contribution in [0.5, 0.6) is 0 Å². The van der Waals surface area contributed by atoms with Crippen LogP contribution in [0.15, 0.2) is 12.1 Å². The van der Waals surface area contributed by atoms with Gasteiger partial charge in [-0.25, -0.2) is 4.39 Å². The summed E-state index contributed by atoms with van der Waals surface area (Å²) in [6.07, 6.45) is 0. The van der Waals surface area contributed by atoms with Crippen molar-refractivity contribution < 1.29 is 9.18 Å². The van der Waals surface area contributed by atoms with Crippen LogP contribution >= 0.6 is 0 Å². The van der Waals surface area contributed by atoms with Gasteiger partial charge in [0.1, 0.15) is 5.82 Å². The second-order valence-corrected chi connectivity index (χ2v) is 3.70. The van der Waals surface area contributed by atoms with Crippen molar-refractivity contribution in [3.8, 4) is 11.8 Å². The highest BCUT2D eigenvalue weighted by molar-refractivity contribution is 5.77. The number of nitrogens with two attached hydrogens (primary N) is 1. The summed E-state index contributed by atoms with van der Waals surface area (Å²) in [5, 5.41) is 2.54. The third kappa shape index (κ3) is 3.89. The van der Waals surface area contributed by atoms with Gasteiger partial charge in [-0.05, 0) is 37.1 Å². The third-order valence-electron chi connectivity index (χ3n) is 2.27. The molecule has 4 heteroatoms. The Morgan fingerprint density at radius 3 is 2.53 bits per heavy atom. The summed E-state index contributed by atoms with van der Waals surface area (Å²) in [4.78, 5) is 10.8. The first kappa shape index (κ1) is 13.2. The van der Waals surface area contributed by atoms with E-state index in [2.05, 4.69) is 17.2 Å². The van der Waals surface area contributed by atoms with E-state index in [0.29, 0.717) is 0 Å². The van der Waals surface area contributed by atoms with Gasteiger partial charge in [0.05, 0.1) is 13.1 Å². The van der Waals surface area contributed by atoms with Crippen molar-refractivity contribution in [2.75, 3.05) is 13.1 Å². The number of halogens is 1. The number of hydrogen-bond donors (Lipinski definition) is 2. The lowest BCUT2D eigenvalue weighted by Gasteiger charge is -2.03. The molecule has 0 aliphatic rings. The smallest absolute Gasteiger partial charge is 0.234 e. The van der Waals surface area contributed by atoms with Crippen LogP contribution in [-0.4, -0.2) is 19.0 Å². The molecule has 0 spiro atoms. The Morgan fingerprint density at radius 1 is 1.41 bits per heavy atom. The number of amides is 1. The van der Waals surface area contributed by atoms with Crippen LogP contribution in [0, 0.1) is 31.5 Å². The van der Waals surface area contributed by atoms with Crippen LogP contribution in [0.1, 0.15) is 16.7 Å². The maximum atomic E-state index is 13.0. The highest BCUT2D eigenvalue weighted by Gasteiger charge is 2.02. The first-order valence-electron chi connectivity index (χ1n) is 5.27. The van der Waals surface area contributed by atoms with Gasteiger partial charge in [-0.15, -0.1) is 0 Å². The van der Waals surface area contributed by atoms with Gasteiger partial charge < -0.3 is 11.1 Å². The molecule has 1 amide bonds. The molecule has 0 heterocycles. The molecule has 0 saturated heterocycles. The first-order chi connectivity index (χ1) is 8.04. The Hall–Kier alpha value is -1.86. The number of carbonyl (C=O) groups excluding carboxylic acids is 1. The number of carbonyl (C=O) groups is 1. The lowest BCUT2D eigenvalue weighted by molar-refractivity contribution is -0.119. The molecule has 3 nitrogen and oxygen atoms in total. The van der Waals surface area contributed by atoms with Crippen molar-refractivity contribution >= 4 is 5.91 Å². The van der Waals surface area contributed by atoms with E-state index in [0.717, 1.165) is 16.7 Å². The van der Waals surface area contributed by atoms with Crippen molar-refractivity contribution in [1.82, 2.24) is 5.32 Å². The molecular formula is C13H15FN2O. The van der Waals surface area contributed by atoms with Crippen LogP contribution in [0.25, 0.3) is 0 Å². The second-order valence-electron chi connectivity index (χ2n) is 3.70. The number of nitrogens with one attached hydrogen (secondary N) is 1. The summed E-state index contributed by atoms with van der Waals surface area (Å²) in [6.45, 7) is 3.81. The maximum absolute atomic E-state index is 13.0. The fourth-order valence-corrected chi connectivity index (χ4v) is 1.46. The molecule has 17 heavy (non-hydrogen) atoms. The summed E-state index contributed by atoms with van der Waals surface area (Å²) in [5.41, 5.74) is 7.51. The molecule has 0 saturated carbocycles. The second kappa shape index (κ2) is 6.02. The zero-order valence-electron chi connectivity index (χ0n) is 9.93. The number of aryl methyl sites for hydroxylation is 2. The normalized spacial score (nSPS) is 9.41. The highest BCUT2D eigenvalue weighted by Crippen LogP contribution is 2.14. The zero-order chi connectivity index (χ0) is 12.8. The minimum Gasteiger partial charge on any atom is -0.344 e. The number of hydrogen-bond acceptors (Lipinski definition) is 2. The van der Waals surface area contributed by atoms with Crippen LogP contribution in [0.2, 0.25) is 0 Å². The molecule has 0 aliphatic carbocycles. The van der Waals surface area contributed by atoms with Gasteiger partial charge in [0.25, 0.3) is 0 Å². The van der Waals surface area contributed by atoms with Gasteiger partial charge in [-0.2, -0.15) is 0 Å². The van der Waals surface area contributed by atoms with E-state index in [-0.39, 0.29) is 24.8 Å². The monoisotopic (exact) mass is 234 g/mol. The lowest BCUT2D eigenvalue weighted by Crippen LogP contribution is -2.30. The van der Waals surface area contributed by atoms with Crippen molar-refractivity contribution in [3.05, 3.63) is 34.6 Å². The van der Waals surface area contributed by atoms with Gasteiger partial charge in [0.15, 0.2) is 0 Å². The van der Waals surface area contributed by atoms with Crippen LogP contribution in [-0.2, 0) is 4.79 Å². The average Bonchev–Trinajstić information content (AvgIpc) is 2.26. The molecule has 0 atom stereocenters. The quantitative estimate of drug-likeness (QED) is 0.746. The van der Waals surface area contributed by atoms with Gasteiger partial charge in [0, 0.05) is 5.56 Å². The molecular weight excluding hydrogens is 219 g/mol. The van der Waals surface area contributed by atoms with Gasteiger partial charge in [-0.3, -0.25) is 4.79 Å². The molecule has 0 aromatic heterocycles. The minimum atomic E-state index is -0.262. The van der Waals surface area contributed by atoms with E-state index in [9.17, 15) is 9.18 Å². The average molecular weight is 234 g/mol. The van der Waals surface area contributed by atoms with Gasteiger partial charge in [0.2, 0.25) is 5.91 Å². The maximum Gasteiger partial charge on any atom is 0.234 e. The van der Waals surface area contributed by atoms with E-state index >= 15 is 0 Å². The third-order valence-corrected chi connectivity index (χ3v) is 2.27. The van der Waals surface area contributed by atoms with Crippen LogP contribution in [0.3, 0.4) is 0 Å². The molecule has 0 unspecified atom stereocenters. The SMILES string of the molecule is Cc1cc(F)cc(C)c1C#CCNC(=O)CN. The lowest BCUT2D eigenvalue weighted by atomic mass is 10.0. The molecule has 90 valence electrons. The highest BCUT2D eigenvalue weighted by atomic mass is 19.1. The summed E-state index contributed by atoms with van der Waals surface area (Å²) in [7, 11) is 0. The zero-order valence-corrected chi connectivity index (χ0v) is 9.93. The van der Waals surface area contributed by atoms with Gasteiger partial charge in [-0.1, -0.05) is 11.8 Å². The van der Waals surface area contributed by atoms with E-state index < -0.39 is 0 Å². The summed E-state index contributed by atoms with van der Waals surface area (Å²) in [6, 6.07) is 2.88. The molecule has 0 radical (unpaired) electrons. The predicted octanol–water partition coefficient (Wildman–Crippen LogP) is 0.869. The largest absolute Gasteiger partial charge is 0.344 e. The van der Waals surface area contributed by atoms with Crippen molar-refractivity contribution in [2.45, 2.75) is 13.8 Å². The number of benzene rings is 1. The summed E-state index contributed by atoms with van der Waals surface area (Å²) < 4.78 is 13.0. The Balaban J connectivity index is 2.75. The fraction of sp³-hybridized carbons (Fsp3) is 0.308. The Morgan fingerprint density at radius 2 is 2.00 bits per heavy atom. The van der Waals surface area contributed by atoms with Crippen molar-refractivity contribution in [3.63, 3.8) is 0 Å². The molecule has 0 bridgehead atoms. The molecule has 0 fully saturated rings. The van der Waals surface area contributed by atoms with E-state index in [1.165, 1.54) is 12.1 Å². The number of rotatable bonds is 2. The topological polar surface area (TPSA) is 55.1 Å². The van der Waals surface area contributed by atoms with E-state index in [1.807, 2.05) is 0 Å². The van der Waals surface area contributed by atoms with Gasteiger partial charge >= 0.3 is 0 Å². The van der Waals surface area contributed by atoms with E-state index in [4.69, 9.17) is 5.73 Å². The minimum absolute atomic E-state index is 0.0454. The molecule has 1 aromatic rings. The first-order valence-corrected chi connectivity index (χ1v) is 5.27. The van der Waals surface area contributed by atoms with Crippen LogP contribution < -0.4 is 11.1 Å². The standard InChI is InChI=1S/C13H15FN2O/c1-9-6-11(14)7-10(2)12(9)4-3-5-16-13(17)8-15/h6-7H,5,8,15H2,1-2H3,(H,16,17). The Labute approximate surface area is 100 Å². The molecule has 0 aliphatic heterocycles.